The van der Waals surface area contributed by atoms with Crippen molar-refractivity contribution in [3.8, 4) is 5.75 Å². The van der Waals surface area contributed by atoms with Gasteiger partial charge in [0.05, 0.1) is 12.7 Å². The summed E-state index contributed by atoms with van der Waals surface area (Å²) in [6.07, 6.45) is 4.02. The summed E-state index contributed by atoms with van der Waals surface area (Å²) in [5, 5.41) is 0. The SMILES string of the molecule is CC1(C)Cc2cccc(C3CC(=O)C=CO3)c2O1. The molecule has 0 N–H and O–H groups in total. The minimum atomic E-state index is -0.216. The zero-order valence-electron chi connectivity index (χ0n) is 10.6. The highest BCUT2D eigenvalue weighted by Crippen LogP contribution is 2.42. The molecule has 1 atom stereocenters. The van der Waals surface area contributed by atoms with E-state index in [0.29, 0.717) is 6.42 Å². The number of hydrogen-bond donors (Lipinski definition) is 0. The van der Waals surface area contributed by atoms with Gasteiger partial charge in [0.1, 0.15) is 17.5 Å². The molecule has 3 rings (SSSR count). The molecular weight excluding hydrogens is 228 g/mol. The number of carbonyl (C=O) groups excluding carboxylic acids is 1. The Morgan fingerprint density at radius 2 is 2.17 bits per heavy atom. The third-order valence-electron chi connectivity index (χ3n) is 3.35. The fraction of sp³-hybridized carbons (Fsp3) is 0.400. The van der Waals surface area contributed by atoms with Gasteiger partial charge in [-0.25, -0.2) is 0 Å². The normalized spacial score (nSPS) is 24.3. The maximum absolute atomic E-state index is 11.5. The van der Waals surface area contributed by atoms with E-state index in [1.807, 2.05) is 12.1 Å². The largest absolute Gasteiger partial charge is 0.493 e. The molecule has 3 nitrogen and oxygen atoms in total. The lowest BCUT2D eigenvalue weighted by Gasteiger charge is -2.23. The van der Waals surface area contributed by atoms with E-state index in [9.17, 15) is 4.79 Å². The highest BCUT2D eigenvalue weighted by atomic mass is 16.5. The summed E-state index contributed by atoms with van der Waals surface area (Å²) in [7, 11) is 0. The lowest BCUT2D eigenvalue weighted by molar-refractivity contribution is -0.118. The highest BCUT2D eigenvalue weighted by molar-refractivity contribution is 5.90. The minimum Gasteiger partial charge on any atom is -0.493 e. The van der Waals surface area contributed by atoms with Gasteiger partial charge in [0, 0.05) is 18.1 Å². The Morgan fingerprint density at radius 3 is 2.94 bits per heavy atom. The van der Waals surface area contributed by atoms with Gasteiger partial charge in [-0.1, -0.05) is 18.2 Å². The van der Waals surface area contributed by atoms with Crippen molar-refractivity contribution in [1.29, 1.82) is 0 Å². The molecule has 0 saturated heterocycles. The number of ether oxygens (including phenoxy) is 2. The molecule has 0 fully saturated rings. The number of carbonyl (C=O) groups is 1. The molecule has 1 aromatic rings. The summed E-state index contributed by atoms with van der Waals surface area (Å²) < 4.78 is 11.5. The second-order valence-corrected chi connectivity index (χ2v) is 5.47. The Morgan fingerprint density at radius 1 is 1.33 bits per heavy atom. The van der Waals surface area contributed by atoms with E-state index in [4.69, 9.17) is 9.47 Å². The van der Waals surface area contributed by atoms with E-state index < -0.39 is 0 Å². The van der Waals surface area contributed by atoms with Crippen molar-refractivity contribution in [2.75, 3.05) is 0 Å². The van der Waals surface area contributed by atoms with Crippen molar-refractivity contribution < 1.29 is 14.3 Å². The Bertz CT molecular complexity index is 529. The second-order valence-electron chi connectivity index (χ2n) is 5.47. The molecule has 0 bridgehead atoms. The van der Waals surface area contributed by atoms with E-state index in [-0.39, 0.29) is 17.5 Å². The van der Waals surface area contributed by atoms with Crippen molar-refractivity contribution >= 4 is 5.78 Å². The molecule has 0 aromatic heterocycles. The van der Waals surface area contributed by atoms with Gasteiger partial charge in [0.15, 0.2) is 5.78 Å². The van der Waals surface area contributed by atoms with Gasteiger partial charge >= 0.3 is 0 Å². The second kappa shape index (κ2) is 3.87. The molecule has 1 aromatic carbocycles. The van der Waals surface area contributed by atoms with E-state index >= 15 is 0 Å². The number of benzene rings is 1. The molecule has 94 valence electrons. The first kappa shape index (κ1) is 11.3. The summed E-state index contributed by atoms with van der Waals surface area (Å²) in [6, 6.07) is 6.07. The summed E-state index contributed by atoms with van der Waals surface area (Å²) >= 11 is 0. The lowest BCUT2D eigenvalue weighted by Crippen LogP contribution is -2.25. The van der Waals surface area contributed by atoms with Gasteiger partial charge in [-0.15, -0.1) is 0 Å². The quantitative estimate of drug-likeness (QED) is 0.762. The molecule has 2 aliphatic rings. The zero-order chi connectivity index (χ0) is 12.8. The van der Waals surface area contributed by atoms with E-state index in [1.165, 1.54) is 17.9 Å². The van der Waals surface area contributed by atoms with Crippen LogP contribution in [0.25, 0.3) is 0 Å². The number of ketones is 1. The van der Waals surface area contributed by atoms with Crippen molar-refractivity contribution in [3.63, 3.8) is 0 Å². The molecule has 2 aliphatic heterocycles. The van der Waals surface area contributed by atoms with Gasteiger partial charge in [0.25, 0.3) is 0 Å². The highest BCUT2D eigenvalue weighted by Gasteiger charge is 2.34. The molecule has 18 heavy (non-hydrogen) atoms. The van der Waals surface area contributed by atoms with Gasteiger partial charge in [-0.2, -0.15) is 0 Å². The third kappa shape index (κ3) is 1.90. The molecule has 0 radical (unpaired) electrons. The van der Waals surface area contributed by atoms with Gasteiger partial charge < -0.3 is 9.47 Å². The van der Waals surface area contributed by atoms with E-state index in [2.05, 4.69) is 19.9 Å². The molecule has 3 heteroatoms. The first-order chi connectivity index (χ1) is 8.55. The Hall–Kier alpha value is -1.77. The Labute approximate surface area is 106 Å². The number of allylic oxidation sites excluding steroid dienone is 1. The first-order valence-electron chi connectivity index (χ1n) is 6.21. The summed E-state index contributed by atoms with van der Waals surface area (Å²) in [5.74, 6) is 0.997. The average Bonchev–Trinajstić information content (AvgIpc) is 2.62. The van der Waals surface area contributed by atoms with Crippen LogP contribution in [0.3, 0.4) is 0 Å². The van der Waals surface area contributed by atoms with E-state index in [0.717, 1.165) is 17.7 Å². The number of hydrogen-bond acceptors (Lipinski definition) is 3. The van der Waals surface area contributed by atoms with Crippen LogP contribution in [0.1, 0.15) is 37.5 Å². The van der Waals surface area contributed by atoms with Crippen LogP contribution in [-0.2, 0) is 16.0 Å². The lowest BCUT2D eigenvalue weighted by atomic mass is 9.97. The fourth-order valence-electron chi connectivity index (χ4n) is 2.59. The number of rotatable bonds is 1. The molecule has 1 unspecified atom stereocenters. The topological polar surface area (TPSA) is 35.5 Å². The van der Waals surface area contributed by atoms with Crippen LogP contribution in [-0.4, -0.2) is 11.4 Å². The van der Waals surface area contributed by atoms with Crippen molar-refractivity contribution in [2.45, 2.75) is 38.4 Å². The molecule has 2 heterocycles. The van der Waals surface area contributed by atoms with Crippen molar-refractivity contribution in [3.05, 3.63) is 41.7 Å². The molecule has 0 saturated carbocycles. The molecular formula is C15H16O3. The molecule has 0 amide bonds. The van der Waals surface area contributed by atoms with Crippen LogP contribution < -0.4 is 4.74 Å². The minimum absolute atomic E-state index is 0.0983. The molecule has 0 spiro atoms. The van der Waals surface area contributed by atoms with Crippen LogP contribution in [0.4, 0.5) is 0 Å². The summed E-state index contributed by atoms with van der Waals surface area (Å²) in [5.41, 5.74) is 2.01. The smallest absolute Gasteiger partial charge is 0.162 e. The number of para-hydroxylation sites is 1. The predicted molar refractivity (Wildman–Crippen MR) is 67.4 cm³/mol. The molecule has 0 aliphatic carbocycles. The maximum atomic E-state index is 11.5. The Balaban J connectivity index is 1.98. The van der Waals surface area contributed by atoms with Crippen molar-refractivity contribution in [2.24, 2.45) is 0 Å². The van der Waals surface area contributed by atoms with E-state index in [1.54, 1.807) is 0 Å². The summed E-state index contributed by atoms with van der Waals surface area (Å²) in [4.78, 5) is 11.5. The predicted octanol–water partition coefficient (Wildman–Crippen LogP) is 2.94. The number of fused-ring (bicyclic) bond motifs is 1. The fourth-order valence-corrected chi connectivity index (χ4v) is 2.59. The van der Waals surface area contributed by atoms with Crippen molar-refractivity contribution in [1.82, 2.24) is 0 Å². The Kier molecular flexibility index (Phi) is 2.44. The van der Waals surface area contributed by atoms with Crippen LogP contribution >= 0.6 is 0 Å². The first-order valence-corrected chi connectivity index (χ1v) is 6.21. The standard InChI is InChI=1S/C15H16O3/c1-15(2)9-10-4-3-5-12(14(10)18-15)13-8-11(16)6-7-17-13/h3-7,13H,8-9H2,1-2H3. The average molecular weight is 244 g/mol. The zero-order valence-corrected chi connectivity index (χ0v) is 10.6. The van der Waals surface area contributed by atoms with Crippen LogP contribution in [0.5, 0.6) is 5.75 Å². The van der Waals surface area contributed by atoms with Crippen LogP contribution in [0.2, 0.25) is 0 Å². The van der Waals surface area contributed by atoms with Gasteiger partial charge in [-0.3, -0.25) is 4.79 Å². The van der Waals surface area contributed by atoms with Crippen LogP contribution in [0.15, 0.2) is 30.5 Å². The van der Waals surface area contributed by atoms with Gasteiger partial charge in [-0.05, 0) is 19.4 Å². The third-order valence-corrected chi connectivity index (χ3v) is 3.35. The maximum Gasteiger partial charge on any atom is 0.162 e. The summed E-state index contributed by atoms with van der Waals surface area (Å²) in [6.45, 7) is 4.15. The monoisotopic (exact) mass is 244 g/mol. The van der Waals surface area contributed by atoms with Crippen LogP contribution in [0, 0.1) is 0 Å². The van der Waals surface area contributed by atoms with Gasteiger partial charge in [0.2, 0.25) is 0 Å².